The summed E-state index contributed by atoms with van der Waals surface area (Å²) in [6.07, 6.45) is 1.19. The van der Waals surface area contributed by atoms with Crippen molar-refractivity contribution in [2.45, 2.75) is 27.2 Å². The maximum atomic E-state index is 3.60. The third kappa shape index (κ3) is 3.13. The summed E-state index contributed by atoms with van der Waals surface area (Å²) in [5, 5.41) is 1.10. The summed E-state index contributed by atoms with van der Waals surface area (Å²) in [4.78, 5) is 0. The van der Waals surface area contributed by atoms with Gasteiger partial charge < -0.3 is 0 Å². The van der Waals surface area contributed by atoms with Crippen LogP contribution in [0.2, 0.25) is 0 Å². The number of benzene rings is 1. The van der Waals surface area contributed by atoms with Crippen LogP contribution in [0, 0.1) is 18.8 Å². The molecular weight excluding hydrogens is 236 g/mol. The van der Waals surface area contributed by atoms with E-state index in [-0.39, 0.29) is 0 Å². The van der Waals surface area contributed by atoms with Crippen LogP contribution in [0.25, 0.3) is 0 Å². The Balaban J connectivity index is 2.72. The average molecular weight is 255 g/mol. The van der Waals surface area contributed by atoms with Gasteiger partial charge in [0.05, 0.1) is 0 Å². The Bertz CT molecular complexity index is 278. The molecule has 0 aliphatic carbocycles. The van der Waals surface area contributed by atoms with E-state index in [0.29, 0.717) is 0 Å². The summed E-state index contributed by atoms with van der Waals surface area (Å²) in [6, 6.07) is 8.68. The second-order valence-electron chi connectivity index (χ2n) is 4.29. The molecule has 0 bridgehead atoms. The fourth-order valence-corrected chi connectivity index (χ4v) is 2.57. The van der Waals surface area contributed by atoms with Crippen LogP contribution in [0.1, 0.15) is 25.0 Å². The lowest BCUT2D eigenvalue weighted by atomic mass is 9.89. The molecule has 78 valence electrons. The number of halogens is 1. The Hall–Kier alpha value is -0.300. The van der Waals surface area contributed by atoms with Crippen LogP contribution in [0.4, 0.5) is 0 Å². The first-order valence-electron chi connectivity index (χ1n) is 5.25. The van der Waals surface area contributed by atoms with Gasteiger partial charge in [-0.3, -0.25) is 0 Å². The Morgan fingerprint density at radius 2 is 1.86 bits per heavy atom. The normalized spacial score (nSPS) is 13.2. The first kappa shape index (κ1) is 11.8. The Labute approximate surface area is 95.9 Å². The van der Waals surface area contributed by atoms with Gasteiger partial charge in [0.1, 0.15) is 0 Å². The smallest absolute Gasteiger partial charge is 0.00652 e. The van der Waals surface area contributed by atoms with Gasteiger partial charge in [0.15, 0.2) is 0 Å². The first-order chi connectivity index (χ1) is 6.65. The third-order valence-corrected chi connectivity index (χ3v) is 3.72. The van der Waals surface area contributed by atoms with Gasteiger partial charge in [-0.25, -0.2) is 0 Å². The van der Waals surface area contributed by atoms with Crippen LogP contribution in [0.15, 0.2) is 24.3 Å². The quantitative estimate of drug-likeness (QED) is 0.707. The van der Waals surface area contributed by atoms with Gasteiger partial charge in [0.2, 0.25) is 0 Å². The molecule has 1 atom stereocenters. The summed E-state index contributed by atoms with van der Waals surface area (Å²) >= 11 is 3.60. The van der Waals surface area contributed by atoms with Gasteiger partial charge in [-0.2, -0.15) is 0 Å². The molecule has 0 aliphatic rings. The average Bonchev–Trinajstić information content (AvgIpc) is 2.16. The molecule has 0 heterocycles. The van der Waals surface area contributed by atoms with Crippen LogP contribution in [0.3, 0.4) is 0 Å². The molecular formula is C13H19Br. The minimum Gasteiger partial charge on any atom is -0.0925 e. The highest BCUT2D eigenvalue weighted by molar-refractivity contribution is 9.09. The molecule has 0 saturated carbocycles. The van der Waals surface area contributed by atoms with E-state index >= 15 is 0 Å². The van der Waals surface area contributed by atoms with Crippen molar-refractivity contribution in [1.82, 2.24) is 0 Å². The van der Waals surface area contributed by atoms with Gasteiger partial charge in [-0.1, -0.05) is 54.0 Å². The van der Waals surface area contributed by atoms with Crippen molar-refractivity contribution in [3.05, 3.63) is 35.4 Å². The summed E-state index contributed by atoms with van der Waals surface area (Å²) in [6.45, 7) is 6.79. The topological polar surface area (TPSA) is 0 Å². The molecule has 1 unspecified atom stereocenters. The Kier molecular flexibility index (Phi) is 4.67. The molecule has 0 saturated heterocycles. The molecule has 0 radical (unpaired) electrons. The molecule has 14 heavy (non-hydrogen) atoms. The number of hydrogen-bond acceptors (Lipinski definition) is 0. The van der Waals surface area contributed by atoms with E-state index in [2.05, 4.69) is 61.0 Å². The summed E-state index contributed by atoms with van der Waals surface area (Å²) in [7, 11) is 0. The van der Waals surface area contributed by atoms with Crippen molar-refractivity contribution in [3.8, 4) is 0 Å². The van der Waals surface area contributed by atoms with E-state index in [9.17, 15) is 0 Å². The molecule has 1 aromatic carbocycles. The monoisotopic (exact) mass is 254 g/mol. The fraction of sp³-hybridized carbons (Fsp3) is 0.538. The Morgan fingerprint density at radius 1 is 1.21 bits per heavy atom. The minimum absolute atomic E-state index is 0.744. The molecule has 1 rings (SSSR count). The SMILES string of the molecule is Cc1ccccc1CC(CBr)C(C)C. The second-order valence-corrected chi connectivity index (χ2v) is 4.94. The summed E-state index contributed by atoms with van der Waals surface area (Å²) < 4.78 is 0. The maximum Gasteiger partial charge on any atom is 0.00652 e. The first-order valence-corrected chi connectivity index (χ1v) is 6.37. The number of aryl methyl sites for hydroxylation is 1. The van der Waals surface area contributed by atoms with Gasteiger partial charge in [0, 0.05) is 5.33 Å². The maximum absolute atomic E-state index is 3.60. The highest BCUT2D eigenvalue weighted by atomic mass is 79.9. The molecule has 0 aliphatic heterocycles. The van der Waals surface area contributed by atoms with E-state index in [0.717, 1.165) is 17.2 Å². The lowest BCUT2D eigenvalue weighted by molar-refractivity contribution is 0.426. The molecule has 0 N–H and O–H groups in total. The zero-order valence-electron chi connectivity index (χ0n) is 9.26. The van der Waals surface area contributed by atoms with Crippen LogP contribution in [-0.4, -0.2) is 5.33 Å². The predicted octanol–water partition coefficient (Wildman–Crippen LogP) is 4.20. The number of alkyl halides is 1. The van der Waals surface area contributed by atoms with E-state index < -0.39 is 0 Å². The lowest BCUT2D eigenvalue weighted by Gasteiger charge is -2.19. The predicted molar refractivity (Wildman–Crippen MR) is 67.0 cm³/mol. The van der Waals surface area contributed by atoms with Crippen molar-refractivity contribution < 1.29 is 0 Å². The largest absolute Gasteiger partial charge is 0.0925 e. The molecule has 1 heteroatoms. The van der Waals surface area contributed by atoms with E-state index in [1.165, 1.54) is 17.5 Å². The highest BCUT2D eigenvalue weighted by Crippen LogP contribution is 2.21. The molecule has 0 spiro atoms. The van der Waals surface area contributed by atoms with Crippen molar-refractivity contribution in [2.75, 3.05) is 5.33 Å². The zero-order chi connectivity index (χ0) is 10.6. The molecule has 0 nitrogen and oxygen atoms in total. The third-order valence-electron chi connectivity index (χ3n) is 2.88. The van der Waals surface area contributed by atoms with Crippen molar-refractivity contribution in [1.29, 1.82) is 0 Å². The number of rotatable bonds is 4. The number of hydrogen-bond donors (Lipinski definition) is 0. The fourth-order valence-electron chi connectivity index (χ4n) is 1.59. The van der Waals surface area contributed by atoms with Crippen LogP contribution in [0.5, 0.6) is 0 Å². The van der Waals surface area contributed by atoms with E-state index in [1.807, 2.05) is 0 Å². The standard InChI is InChI=1S/C13H19Br/c1-10(2)13(9-14)8-12-7-5-4-6-11(12)3/h4-7,10,13H,8-9H2,1-3H3. The molecule has 0 fully saturated rings. The minimum atomic E-state index is 0.744. The molecule has 1 aromatic rings. The van der Waals surface area contributed by atoms with Crippen LogP contribution >= 0.6 is 15.9 Å². The van der Waals surface area contributed by atoms with Gasteiger partial charge in [-0.05, 0) is 36.3 Å². The van der Waals surface area contributed by atoms with E-state index in [1.54, 1.807) is 0 Å². The van der Waals surface area contributed by atoms with Gasteiger partial charge >= 0.3 is 0 Å². The zero-order valence-corrected chi connectivity index (χ0v) is 10.8. The molecule has 0 amide bonds. The highest BCUT2D eigenvalue weighted by Gasteiger charge is 2.13. The second kappa shape index (κ2) is 5.55. The summed E-state index contributed by atoms with van der Waals surface area (Å²) in [5.74, 6) is 1.49. The van der Waals surface area contributed by atoms with Crippen LogP contribution < -0.4 is 0 Å². The van der Waals surface area contributed by atoms with Crippen LogP contribution in [-0.2, 0) is 6.42 Å². The van der Waals surface area contributed by atoms with Crippen molar-refractivity contribution >= 4 is 15.9 Å². The Morgan fingerprint density at radius 3 is 2.36 bits per heavy atom. The lowest BCUT2D eigenvalue weighted by Crippen LogP contribution is -2.13. The summed E-state index contributed by atoms with van der Waals surface area (Å²) in [5.41, 5.74) is 2.91. The van der Waals surface area contributed by atoms with Gasteiger partial charge in [0.25, 0.3) is 0 Å². The van der Waals surface area contributed by atoms with Gasteiger partial charge in [-0.15, -0.1) is 0 Å². The molecule has 0 aromatic heterocycles. The van der Waals surface area contributed by atoms with Crippen molar-refractivity contribution in [3.63, 3.8) is 0 Å². The van der Waals surface area contributed by atoms with Crippen molar-refractivity contribution in [2.24, 2.45) is 11.8 Å². The van der Waals surface area contributed by atoms with E-state index in [4.69, 9.17) is 0 Å².